The number of benzene rings is 5. The maximum absolute atomic E-state index is 2.50. The summed E-state index contributed by atoms with van der Waals surface area (Å²) in [5, 5.41) is 7.93. The summed E-state index contributed by atoms with van der Waals surface area (Å²) in [7, 11) is 0. The number of rotatable bonds is 7. The van der Waals surface area contributed by atoms with Gasteiger partial charge in [-0.25, -0.2) is 0 Å². The van der Waals surface area contributed by atoms with Crippen molar-refractivity contribution < 1.29 is 0 Å². The molecule has 7 rings (SSSR count). The summed E-state index contributed by atoms with van der Waals surface area (Å²) in [5.74, 6) is 0.544. The molecule has 0 nitrogen and oxygen atoms in total. The van der Waals surface area contributed by atoms with Crippen molar-refractivity contribution in [2.45, 2.75) is 40.0 Å². The molecule has 1 atom stereocenters. The van der Waals surface area contributed by atoms with E-state index in [0.717, 1.165) is 19.3 Å². The first kappa shape index (κ1) is 30.5. The van der Waals surface area contributed by atoms with Gasteiger partial charge in [0.15, 0.2) is 0 Å². The Labute approximate surface area is 279 Å². The summed E-state index contributed by atoms with van der Waals surface area (Å²) in [5.41, 5.74) is 10.2. The summed E-state index contributed by atoms with van der Waals surface area (Å²) in [6.07, 6.45) is 31.2. The normalized spacial score (nSPS) is 16.6. The van der Waals surface area contributed by atoms with Gasteiger partial charge < -0.3 is 0 Å². The van der Waals surface area contributed by atoms with Crippen LogP contribution in [0.15, 0.2) is 133 Å². The maximum atomic E-state index is 2.50. The van der Waals surface area contributed by atoms with Gasteiger partial charge in [0.25, 0.3) is 0 Å². The molecule has 0 saturated carbocycles. The first-order valence-electron chi connectivity index (χ1n) is 17.1. The lowest BCUT2D eigenvalue weighted by Gasteiger charge is -2.24. The second-order valence-corrected chi connectivity index (χ2v) is 12.6. The molecule has 47 heavy (non-hydrogen) atoms. The van der Waals surface area contributed by atoms with Crippen LogP contribution in [0.5, 0.6) is 0 Å². The predicted octanol–water partition coefficient (Wildman–Crippen LogP) is 11.7. The van der Waals surface area contributed by atoms with Crippen LogP contribution in [0.25, 0.3) is 68.6 Å². The fourth-order valence-electron chi connectivity index (χ4n) is 7.26. The Hall–Kier alpha value is -5.20. The van der Waals surface area contributed by atoms with Crippen molar-refractivity contribution in [1.29, 1.82) is 0 Å². The maximum Gasteiger partial charge on any atom is -0.000776 e. The molecule has 0 fully saturated rings. The fraction of sp³-hybridized carbons (Fsp3) is 0.149. The molecule has 0 heterocycles. The van der Waals surface area contributed by atoms with E-state index in [2.05, 4.69) is 179 Å². The van der Waals surface area contributed by atoms with Crippen molar-refractivity contribution in [1.82, 2.24) is 0 Å². The van der Waals surface area contributed by atoms with Crippen LogP contribution in [0.1, 0.15) is 62.3 Å². The summed E-state index contributed by atoms with van der Waals surface area (Å²) in [6, 6.07) is 30.8. The molecule has 230 valence electrons. The average molecular weight is 607 g/mol. The lowest BCUT2D eigenvalue weighted by Crippen LogP contribution is -2.33. The van der Waals surface area contributed by atoms with E-state index >= 15 is 0 Å². The van der Waals surface area contributed by atoms with E-state index in [1.54, 1.807) is 0 Å². The van der Waals surface area contributed by atoms with Crippen molar-refractivity contribution in [3.63, 3.8) is 0 Å². The SMILES string of the molecule is C\C=C/C(/C=C/c1c2ccccc2c(/C=C/c2ccccc2)c2c(C3=CCC(C)C=C3)c3c(c(-c4ccccc4)c12)=CCCC=3)=C\C. The molecule has 0 heteroatoms. The molecule has 0 aromatic heterocycles. The molecule has 0 amide bonds. The molecular formula is C47H42. The lowest BCUT2D eigenvalue weighted by atomic mass is 9.79. The Morgan fingerprint density at radius 1 is 0.638 bits per heavy atom. The molecule has 5 aromatic carbocycles. The van der Waals surface area contributed by atoms with Gasteiger partial charge in [0, 0.05) is 0 Å². The minimum Gasteiger partial charge on any atom is -0.0871 e. The van der Waals surface area contributed by atoms with E-state index in [0.29, 0.717) is 5.92 Å². The molecular weight excluding hydrogens is 565 g/mol. The molecule has 1 unspecified atom stereocenters. The Morgan fingerprint density at radius 3 is 1.89 bits per heavy atom. The third kappa shape index (κ3) is 5.93. The molecule has 0 bridgehead atoms. The zero-order chi connectivity index (χ0) is 32.2. The van der Waals surface area contributed by atoms with Gasteiger partial charge in [0.2, 0.25) is 0 Å². The van der Waals surface area contributed by atoms with Crippen molar-refractivity contribution >= 4 is 57.5 Å². The van der Waals surface area contributed by atoms with Crippen LogP contribution in [0.2, 0.25) is 0 Å². The molecule has 2 aliphatic rings. The van der Waals surface area contributed by atoms with Crippen LogP contribution in [-0.4, -0.2) is 0 Å². The number of fused-ring (bicyclic) bond motifs is 3. The minimum atomic E-state index is 0.544. The second-order valence-electron chi connectivity index (χ2n) is 12.6. The summed E-state index contributed by atoms with van der Waals surface area (Å²) in [6.45, 7) is 6.51. The van der Waals surface area contributed by atoms with Crippen LogP contribution < -0.4 is 10.4 Å². The van der Waals surface area contributed by atoms with Gasteiger partial charge in [0.1, 0.15) is 0 Å². The van der Waals surface area contributed by atoms with E-state index in [-0.39, 0.29) is 0 Å². The quantitative estimate of drug-likeness (QED) is 0.0982. The number of allylic oxidation sites excluding steroid dienone is 9. The Balaban J connectivity index is 1.75. The molecule has 0 spiro atoms. The van der Waals surface area contributed by atoms with E-state index in [4.69, 9.17) is 0 Å². The number of hydrogen-bond acceptors (Lipinski definition) is 0. The topological polar surface area (TPSA) is 0 Å². The van der Waals surface area contributed by atoms with Gasteiger partial charge in [0.05, 0.1) is 0 Å². The Bertz CT molecular complexity index is 2270. The van der Waals surface area contributed by atoms with Crippen LogP contribution in [0.3, 0.4) is 0 Å². The van der Waals surface area contributed by atoms with Gasteiger partial charge in [-0.05, 0) is 116 Å². The third-order valence-electron chi connectivity index (χ3n) is 9.53. The molecule has 0 N–H and O–H groups in total. The zero-order valence-electron chi connectivity index (χ0n) is 27.7. The third-order valence-corrected chi connectivity index (χ3v) is 9.53. The largest absolute Gasteiger partial charge is 0.0871 e. The Morgan fingerprint density at radius 2 is 1.26 bits per heavy atom. The second kappa shape index (κ2) is 13.7. The first-order chi connectivity index (χ1) is 23.2. The molecule has 0 saturated heterocycles. The number of hydrogen-bond donors (Lipinski definition) is 0. The first-order valence-corrected chi connectivity index (χ1v) is 17.1. The van der Waals surface area contributed by atoms with Crippen LogP contribution in [0.4, 0.5) is 0 Å². The smallest absolute Gasteiger partial charge is 0.000776 e. The predicted molar refractivity (Wildman–Crippen MR) is 208 cm³/mol. The van der Waals surface area contributed by atoms with Crippen molar-refractivity contribution in [3.8, 4) is 11.1 Å². The monoisotopic (exact) mass is 606 g/mol. The van der Waals surface area contributed by atoms with Crippen molar-refractivity contribution in [2.75, 3.05) is 0 Å². The van der Waals surface area contributed by atoms with Crippen LogP contribution in [-0.2, 0) is 0 Å². The minimum absolute atomic E-state index is 0.544. The van der Waals surface area contributed by atoms with Gasteiger partial charge in [-0.2, -0.15) is 0 Å². The summed E-state index contributed by atoms with van der Waals surface area (Å²) in [4.78, 5) is 0. The molecule has 2 aliphatic carbocycles. The fourth-order valence-corrected chi connectivity index (χ4v) is 7.26. The zero-order valence-corrected chi connectivity index (χ0v) is 27.7. The average Bonchev–Trinajstić information content (AvgIpc) is 3.12. The highest BCUT2D eigenvalue weighted by Gasteiger charge is 2.23. The van der Waals surface area contributed by atoms with Gasteiger partial charge in [-0.15, -0.1) is 0 Å². The Kier molecular flexibility index (Phi) is 8.85. The highest BCUT2D eigenvalue weighted by Crippen LogP contribution is 2.42. The van der Waals surface area contributed by atoms with Crippen molar-refractivity contribution in [2.24, 2.45) is 5.92 Å². The highest BCUT2D eigenvalue weighted by atomic mass is 14.3. The molecule has 0 radical (unpaired) electrons. The van der Waals surface area contributed by atoms with E-state index in [1.165, 1.54) is 76.5 Å². The molecule has 5 aromatic rings. The van der Waals surface area contributed by atoms with Gasteiger partial charge >= 0.3 is 0 Å². The van der Waals surface area contributed by atoms with Gasteiger partial charge in [-0.1, -0.05) is 165 Å². The summed E-state index contributed by atoms with van der Waals surface area (Å²) >= 11 is 0. The van der Waals surface area contributed by atoms with E-state index < -0.39 is 0 Å². The van der Waals surface area contributed by atoms with E-state index in [9.17, 15) is 0 Å². The molecule has 0 aliphatic heterocycles. The van der Waals surface area contributed by atoms with Crippen molar-refractivity contribution in [3.05, 3.63) is 166 Å². The highest BCUT2D eigenvalue weighted by molar-refractivity contribution is 6.21. The van der Waals surface area contributed by atoms with Gasteiger partial charge in [-0.3, -0.25) is 0 Å². The standard InChI is InChI=1S/C47H42/c1-4-16-34(5-2)27-31-42-38-21-12-13-22-39(38)43(32-28-35-17-8-6-9-18-35)47-45(37-29-25-33(3)26-30-37)41-24-15-14-23-40(41)44(46(42)47)36-19-10-7-11-20-36/h4-13,16-25,27-33H,14-15,26H2,1-3H3/b16-4-,31-27+,32-28+,34-5+. The summed E-state index contributed by atoms with van der Waals surface area (Å²) < 4.78 is 0. The van der Waals surface area contributed by atoms with Crippen LogP contribution in [0, 0.1) is 5.92 Å². The lowest BCUT2D eigenvalue weighted by molar-refractivity contribution is 0.739. The van der Waals surface area contributed by atoms with Crippen LogP contribution >= 0.6 is 0 Å². The van der Waals surface area contributed by atoms with E-state index in [1.807, 2.05) is 0 Å².